The lowest BCUT2D eigenvalue weighted by molar-refractivity contribution is -0.118. The summed E-state index contributed by atoms with van der Waals surface area (Å²) in [7, 11) is 0. The average Bonchev–Trinajstić information content (AvgIpc) is 2.51. The summed E-state index contributed by atoms with van der Waals surface area (Å²) >= 11 is 0. The van der Waals surface area contributed by atoms with Crippen molar-refractivity contribution in [1.29, 1.82) is 0 Å². The highest BCUT2D eigenvalue weighted by molar-refractivity contribution is 5.95. The quantitative estimate of drug-likeness (QED) is 0.881. The first-order valence-corrected chi connectivity index (χ1v) is 8.13. The molecule has 1 aromatic carbocycles. The molecule has 1 fully saturated rings. The molecule has 0 bridgehead atoms. The summed E-state index contributed by atoms with van der Waals surface area (Å²) in [5, 5.41) is 13.2. The molecule has 0 saturated carbocycles. The zero-order valence-corrected chi connectivity index (χ0v) is 13.6. The van der Waals surface area contributed by atoms with E-state index in [-0.39, 0.29) is 24.7 Å². The van der Waals surface area contributed by atoms with E-state index >= 15 is 0 Å². The maximum atomic E-state index is 11.4. The normalized spacial score (nSPS) is 26.1. The Bertz CT molecular complexity index is 568. The molecule has 6 heteroatoms. The number of anilines is 1. The molecular weight excluding hydrogens is 296 g/mol. The SMILES string of the molecule is CC1CN(CCC(O)c2ccc3c(c2)NC(=O)CO3)CC(C)O1. The lowest BCUT2D eigenvalue weighted by Crippen LogP contribution is -2.45. The maximum absolute atomic E-state index is 11.4. The number of carbonyl (C=O) groups is 1. The molecule has 1 amide bonds. The average molecular weight is 320 g/mol. The van der Waals surface area contributed by atoms with Crippen LogP contribution in [0.4, 0.5) is 5.69 Å². The highest BCUT2D eigenvalue weighted by Gasteiger charge is 2.23. The van der Waals surface area contributed by atoms with E-state index in [9.17, 15) is 9.90 Å². The van der Waals surface area contributed by atoms with Crippen LogP contribution in [-0.4, -0.2) is 54.4 Å². The molecule has 2 aliphatic heterocycles. The molecule has 0 aliphatic carbocycles. The smallest absolute Gasteiger partial charge is 0.262 e. The molecule has 1 saturated heterocycles. The number of carbonyl (C=O) groups excluding carboxylic acids is 1. The van der Waals surface area contributed by atoms with Crippen molar-refractivity contribution < 1.29 is 19.4 Å². The van der Waals surface area contributed by atoms with Gasteiger partial charge in [-0.1, -0.05) is 6.07 Å². The first kappa shape index (κ1) is 16.2. The number of hydrogen-bond donors (Lipinski definition) is 2. The van der Waals surface area contributed by atoms with Gasteiger partial charge in [-0.2, -0.15) is 0 Å². The predicted molar refractivity (Wildman–Crippen MR) is 86.6 cm³/mol. The van der Waals surface area contributed by atoms with Gasteiger partial charge < -0.3 is 19.9 Å². The fraction of sp³-hybridized carbons (Fsp3) is 0.588. The van der Waals surface area contributed by atoms with E-state index in [1.165, 1.54) is 0 Å². The van der Waals surface area contributed by atoms with Crippen LogP contribution in [0.15, 0.2) is 18.2 Å². The number of aliphatic hydroxyl groups excluding tert-OH is 1. The van der Waals surface area contributed by atoms with Crippen molar-refractivity contribution in [3.05, 3.63) is 23.8 Å². The second kappa shape index (κ2) is 6.86. The van der Waals surface area contributed by atoms with E-state index in [0.717, 1.165) is 25.2 Å². The summed E-state index contributed by atoms with van der Waals surface area (Å²) < 4.78 is 11.1. The third kappa shape index (κ3) is 4.02. The van der Waals surface area contributed by atoms with E-state index < -0.39 is 6.10 Å². The number of aliphatic hydroxyl groups is 1. The molecule has 3 unspecified atom stereocenters. The fourth-order valence-electron chi connectivity index (χ4n) is 3.25. The predicted octanol–water partition coefficient (Wildman–Crippen LogP) is 1.55. The molecule has 23 heavy (non-hydrogen) atoms. The molecule has 2 N–H and O–H groups in total. The standard InChI is InChI=1S/C17H24N2O4/c1-11-8-19(9-12(2)23-11)6-5-15(20)13-3-4-16-14(7-13)18-17(21)10-22-16/h3-4,7,11-12,15,20H,5-6,8-10H2,1-2H3,(H,18,21). The fourth-order valence-corrected chi connectivity index (χ4v) is 3.25. The zero-order chi connectivity index (χ0) is 16.4. The Kier molecular flexibility index (Phi) is 4.84. The van der Waals surface area contributed by atoms with E-state index in [1.807, 2.05) is 6.07 Å². The Morgan fingerprint density at radius 1 is 1.35 bits per heavy atom. The summed E-state index contributed by atoms with van der Waals surface area (Å²) in [6.07, 6.45) is 0.541. The lowest BCUT2D eigenvalue weighted by Gasteiger charge is -2.35. The number of nitrogens with one attached hydrogen (secondary N) is 1. The van der Waals surface area contributed by atoms with Gasteiger partial charge in [0.05, 0.1) is 24.0 Å². The maximum Gasteiger partial charge on any atom is 0.262 e. The van der Waals surface area contributed by atoms with E-state index in [1.54, 1.807) is 12.1 Å². The molecule has 126 valence electrons. The summed E-state index contributed by atoms with van der Waals surface area (Å²) in [6, 6.07) is 5.44. The number of hydrogen-bond acceptors (Lipinski definition) is 5. The number of nitrogens with zero attached hydrogens (tertiary/aromatic N) is 1. The number of fused-ring (bicyclic) bond motifs is 1. The molecule has 0 aromatic heterocycles. The van der Waals surface area contributed by atoms with Crippen molar-refractivity contribution >= 4 is 11.6 Å². The first-order valence-electron chi connectivity index (χ1n) is 8.13. The van der Waals surface area contributed by atoms with Crippen LogP contribution in [0.1, 0.15) is 31.9 Å². The highest BCUT2D eigenvalue weighted by atomic mass is 16.5. The minimum absolute atomic E-state index is 0.0439. The topological polar surface area (TPSA) is 71.0 Å². The minimum Gasteiger partial charge on any atom is -0.482 e. The number of benzene rings is 1. The summed E-state index contributed by atoms with van der Waals surface area (Å²) in [4.78, 5) is 13.7. The van der Waals surface area contributed by atoms with Crippen LogP contribution in [0.25, 0.3) is 0 Å². The van der Waals surface area contributed by atoms with Crippen LogP contribution in [0.2, 0.25) is 0 Å². The Hall–Kier alpha value is -1.63. The molecule has 3 rings (SSSR count). The molecular formula is C17H24N2O4. The Labute approximate surface area is 136 Å². The minimum atomic E-state index is -0.562. The van der Waals surface area contributed by atoms with Gasteiger partial charge in [0.1, 0.15) is 5.75 Å². The zero-order valence-electron chi connectivity index (χ0n) is 13.6. The molecule has 3 atom stereocenters. The van der Waals surface area contributed by atoms with Gasteiger partial charge in [-0.05, 0) is 38.0 Å². The number of amides is 1. The first-order chi connectivity index (χ1) is 11.0. The molecule has 1 aromatic rings. The molecule has 0 radical (unpaired) electrons. The van der Waals surface area contributed by atoms with Gasteiger partial charge in [0, 0.05) is 19.6 Å². The van der Waals surface area contributed by atoms with Gasteiger partial charge in [-0.3, -0.25) is 9.69 Å². The summed E-state index contributed by atoms with van der Waals surface area (Å²) in [5.41, 5.74) is 1.43. The van der Waals surface area contributed by atoms with Gasteiger partial charge in [0.2, 0.25) is 0 Å². The van der Waals surface area contributed by atoms with Gasteiger partial charge >= 0.3 is 0 Å². The van der Waals surface area contributed by atoms with Gasteiger partial charge in [0.15, 0.2) is 6.61 Å². The van der Waals surface area contributed by atoms with Gasteiger partial charge in [-0.25, -0.2) is 0 Å². The van der Waals surface area contributed by atoms with Crippen molar-refractivity contribution in [3.63, 3.8) is 0 Å². The monoisotopic (exact) mass is 320 g/mol. The van der Waals surface area contributed by atoms with Crippen molar-refractivity contribution in [1.82, 2.24) is 4.90 Å². The van der Waals surface area contributed by atoms with Crippen molar-refractivity contribution in [2.75, 3.05) is 31.6 Å². The third-order valence-corrected chi connectivity index (χ3v) is 4.24. The number of rotatable bonds is 4. The molecule has 0 spiro atoms. The Morgan fingerprint density at radius 3 is 2.83 bits per heavy atom. The van der Waals surface area contributed by atoms with Crippen molar-refractivity contribution in [3.8, 4) is 5.75 Å². The number of morpholine rings is 1. The van der Waals surface area contributed by atoms with Crippen LogP contribution < -0.4 is 10.1 Å². The third-order valence-electron chi connectivity index (χ3n) is 4.24. The van der Waals surface area contributed by atoms with Crippen molar-refractivity contribution in [2.45, 2.75) is 38.6 Å². The van der Waals surface area contributed by atoms with Crippen LogP contribution in [0.3, 0.4) is 0 Å². The van der Waals surface area contributed by atoms with Crippen LogP contribution in [-0.2, 0) is 9.53 Å². The molecule has 2 heterocycles. The number of ether oxygens (including phenoxy) is 2. The highest BCUT2D eigenvalue weighted by Crippen LogP contribution is 2.31. The van der Waals surface area contributed by atoms with Crippen LogP contribution in [0.5, 0.6) is 5.75 Å². The Morgan fingerprint density at radius 2 is 2.09 bits per heavy atom. The second-order valence-electron chi connectivity index (χ2n) is 6.41. The Balaban J connectivity index is 1.59. The van der Waals surface area contributed by atoms with Crippen molar-refractivity contribution in [2.24, 2.45) is 0 Å². The van der Waals surface area contributed by atoms with E-state index in [4.69, 9.17) is 9.47 Å². The van der Waals surface area contributed by atoms with Gasteiger partial charge in [0.25, 0.3) is 5.91 Å². The lowest BCUT2D eigenvalue weighted by atomic mass is 10.0. The van der Waals surface area contributed by atoms with E-state index in [2.05, 4.69) is 24.1 Å². The van der Waals surface area contributed by atoms with E-state index in [0.29, 0.717) is 17.9 Å². The largest absolute Gasteiger partial charge is 0.482 e. The van der Waals surface area contributed by atoms with Gasteiger partial charge in [-0.15, -0.1) is 0 Å². The van der Waals surface area contributed by atoms with Crippen LogP contribution >= 0.6 is 0 Å². The summed E-state index contributed by atoms with van der Waals surface area (Å²) in [6.45, 7) is 6.80. The molecule has 6 nitrogen and oxygen atoms in total. The van der Waals surface area contributed by atoms with Crippen LogP contribution in [0, 0.1) is 0 Å². The summed E-state index contributed by atoms with van der Waals surface area (Å²) in [5.74, 6) is 0.483. The molecule has 2 aliphatic rings. The second-order valence-corrected chi connectivity index (χ2v) is 6.41.